The van der Waals surface area contributed by atoms with Crippen LogP contribution in [-0.4, -0.2) is 164 Å². The summed E-state index contributed by atoms with van der Waals surface area (Å²) in [4.78, 5) is 60.5. The highest BCUT2D eigenvalue weighted by atomic mass is 32.2. The number of β-lactam (4-membered cyclic amide) rings is 1. The fourth-order valence-corrected chi connectivity index (χ4v) is 8.76. The summed E-state index contributed by atoms with van der Waals surface area (Å²) in [6, 6.07) is -1.16. The minimum Gasteiger partial charge on any atom is -0.477 e. The number of thioether (sulfide) groups is 1. The topological polar surface area (TPSA) is 181 Å². The van der Waals surface area contributed by atoms with Crippen molar-refractivity contribution in [2.24, 2.45) is 11.8 Å². The van der Waals surface area contributed by atoms with Crippen LogP contribution in [0.1, 0.15) is 20.3 Å². The van der Waals surface area contributed by atoms with Crippen molar-refractivity contribution in [2.75, 3.05) is 72.0 Å². The zero-order chi connectivity index (χ0) is 31.7. The van der Waals surface area contributed by atoms with Gasteiger partial charge < -0.3 is 30.9 Å². The van der Waals surface area contributed by atoms with E-state index in [1.807, 2.05) is 11.8 Å². The molecule has 1 aromatic heterocycles. The van der Waals surface area contributed by atoms with Crippen LogP contribution in [0, 0.1) is 11.8 Å². The van der Waals surface area contributed by atoms with Gasteiger partial charge >= 0.3 is 5.97 Å². The molecule has 0 radical (unpaired) electrons. The van der Waals surface area contributed by atoms with Gasteiger partial charge in [-0.25, -0.2) is 9.48 Å². The molecular weight excluding hydrogens is 602 g/mol. The van der Waals surface area contributed by atoms with Gasteiger partial charge in [0.25, 0.3) is 0 Å². The number of hydrogen-bond acceptors (Lipinski definition) is 12. The minimum atomic E-state index is -1.14. The maximum Gasteiger partial charge on any atom is 0.353 e. The first-order chi connectivity index (χ1) is 21.7. The SMILES string of the molecule is C[C@@H](NC(=O)Cn1cnnn1)[C@H]1C(=O)N2C(C(=O)O)=C(S[C@@H]3CN[C@H](C(=O)N4CCN(CCN5CCNCC5)CC4)C3)[C@H](C)[C@H]12. The number of carboxylic acid groups (broad SMARTS) is 1. The Morgan fingerprint density at radius 1 is 1.11 bits per heavy atom. The number of carbonyl (C=O) groups is 4. The lowest BCUT2D eigenvalue weighted by Crippen LogP contribution is -2.66. The average Bonchev–Trinajstić information content (AvgIpc) is 3.77. The molecule has 5 aliphatic rings. The number of nitrogens with zero attached hydrogens (tertiary/aromatic N) is 8. The normalized spacial score (nSPS) is 29.9. The molecule has 17 heteroatoms. The van der Waals surface area contributed by atoms with E-state index in [1.165, 1.54) is 27.7 Å². The third-order valence-electron chi connectivity index (χ3n) is 9.72. The van der Waals surface area contributed by atoms with Crippen LogP contribution in [0.15, 0.2) is 16.9 Å². The molecule has 4 fully saturated rings. The second kappa shape index (κ2) is 13.7. The van der Waals surface area contributed by atoms with Gasteiger partial charge in [-0.2, -0.15) is 0 Å². The van der Waals surface area contributed by atoms with Crippen LogP contribution < -0.4 is 16.0 Å². The number of aliphatic carboxylic acids is 1. The third kappa shape index (κ3) is 6.72. The number of carbonyl (C=O) groups excluding carboxylic acids is 3. The van der Waals surface area contributed by atoms with Gasteiger partial charge in [0.05, 0.1) is 18.0 Å². The molecule has 6 heterocycles. The van der Waals surface area contributed by atoms with Gasteiger partial charge in [-0.3, -0.25) is 24.2 Å². The van der Waals surface area contributed by atoms with Gasteiger partial charge in [-0.1, -0.05) is 6.92 Å². The molecule has 0 saturated carbocycles. The fourth-order valence-electron chi connectivity index (χ4n) is 7.28. The Hall–Kier alpha value is -3.12. The Bertz CT molecular complexity index is 1300. The number of hydrogen-bond donors (Lipinski definition) is 4. The van der Waals surface area contributed by atoms with Crippen molar-refractivity contribution in [1.29, 1.82) is 0 Å². The molecule has 0 aliphatic carbocycles. The number of amides is 3. The first-order valence-corrected chi connectivity index (χ1v) is 16.7. The number of nitrogens with one attached hydrogen (secondary N) is 3. The van der Waals surface area contributed by atoms with E-state index in [9.17, 15) is 24.3 Å². The number of tetrazole rings is 1. The maximum atomic E-state index is 13.4. The lowest BCUT2D eigenvalue weighted by Gasteiger charge is -2.47. The van der Waals surface area contributed by atoms with Crippen LogP contribution in [0.3, 0.4) is 0 Å². The smallest absolute Gasteiger partial charge is 0.353 e. The number of rotatable bonds is 11. The van der Waals surface area contributed by atoms with Gasteiger partial charge in [0.15, 0.2) is 0 Å². The summed E-state index contributed by atoms with van der Waals surface area (Å²) in [6.07, 6.45) is 1.93. The summed E-state index contributed by atoms with van der Waals surface area (Å²) in [5.74, 6) is -2.43. The molecule has 16 nitrogen and oxygen atoms in total. The zero-order valence-electron chi connectivity index (χ0n) is 25.8. The van der Waals surface area contributed by atoms with Crippen LogP contribution in [0.5, 0.6) is 0 Å². The molecule has 4 N–H and O–H groups in total. The predicted molar refractivity (Wildman–Crippen MR) is 163 cm³/mol. The quantitative estimate of drug-likeness (QED) is 0.185. The first-order valence-electron chi connectivity index (χ1n) is 15.9. The molecule has 1 aromatic rings. The fraction of sp³-hybridized carbons (Fsp3) is 0.750. The number of fused-ring (bicyclic) bond motifs is 1. The van der Waals surface area contributed by atoms with Gasteiger partial charge in [0.2, 0.25) is 17.7 Å². The van der Waals surface area contributed by atoms with Gasteiger partial charge in [-0.15, -0.1) is 16.9 Å². The van der Waals surface area contributed by atoms with Gasteiger partial charge in [-0.05, 0) is 23.8 Å². The highest BCUT2D eigenvalue weighted by molar-refractivity contribution is 8.03. The summed E-state index contributed by atoms with van der Waals surface area (Å²) < 4.78 is 1.29. The number of aromatic nitrogens is 4. The largest absolute Gasteiger partial charge is 0.477 e. The molecule has 45 heavy (non-hydrogen) atoms. The molecule has 0 bridgehead atoms. The molecule has 6 rings (SSSR count). The van der Waals surface area contributed by atoms with Crippen LogP contribution >= 0.6 is 11.8 Å². The van der Waals surface area contributed by atoms with E-state index < -0.39 is 17.9 Å². The highest BCUT2D eigenvalue weighted by Crippen LogP contribution is 2.51. The Morgan fingerprint density at radius 3 is 2.49 bits per heavy atom. The molecule has 246 valence electrons. The summed E-state index contributed by atoms with van der Waals surface area (Å²) >= 11 is 1.47. The summed E-state index contributed by atoms with van der Waals surface area (Å²) in [5, 5.41) is 30.5. The molecule has 3 amide bonds. The van der Waals surface area contributed by atoms with E-state index in [0.717, 1.165) is 52.4 Å². The Labute approximate surface area is 266 Å². The Kier molecular flexibility index (Phi) is 9.70. The number of carboxylic acids is 1. The predicted octanol–water partition coefficient (Wildman–Crippen LogP) is -2.54. The Morgan fingerprint density at radius 2 is 1.82 bits per heavy atom. The molecule has 0 unspecified atom stereocenters. The van der Waals surface area contributed by atoms with E-state index in [0.29, 0.717) is 31.0 Å². The van der Waals surface area contributed by atoms with Crippen molar-refractivity contribution in [3.05, 3.63) is 16.9 Å². The van der Waals surface area contributed by atoms with Crippen molar-refractivity contribution >= 4 is 35.5 Å². The molecule has 6 atom stereocenters. The van der Waals surface area contributed by atoms with Crippen molar-refractivity contribution in [2.45, 2.75) is 50.2 Å². The second-order valence-corrected chi connectivity index (χ2v) is 13.9. The van der Waals surface area contributed by atoms with Crippen molar-refractivity contribution in [1.82, 2.24) is 55.8 Å². The lowest BCUT2D eigenvalue weighted by molar-refractivity contribution is -0.158. The Balaban J connectivity index is 1.00. The van der Waals surface area contributed by atoms with E-state index in [4.69, 9.17) is 0 Å². The van der Waals surface area contributed by atoms with Crippen LogP contribution in [0.25, 0.3) is 0 Å². The highest BCUT2D eigenvalue weighted by Gasteiger charge is 2.60. The molecule has 0 aromatic carbocycles. The van der Waals surface area contributed by atoms with Crippen LogP contribution in [0.4, 0.5) is 0 Å². The van der Waals surface area contributed by atoms with Crippen molar-refractivity contribution < 1.29 is 24.3 Å². The van der Waals surface area contributed by atoms with Gasteiger partial charge in [0.1, 0.15) is 18.6 Å². The lowest BCUT2D eigenvalue weighted by atomic mass is 9.78. The minimum absolute atomic E-state index is 0.00624. The average molecular weight is 646 g/mol. The number of piperazine rings is 2. The van der Waals surface area contributed by atoms with Crippen LogP contribution in [-0.2, 0) is 25.7 Å². The maximum absolute atomic E-state index is 13.4. The van der Waals surface area contributed by atoms with Crippen molar-refractivity contribution in [3.8, 4) is 0 Å². The van der Waals surface area contributed by atoms with Gasteiger partial charge in [0, 0.05) is 94.1 Å². The monoisotopic (exact) mass is 645 g/mol. The zero-order valence-corrected chi connectivity index (χ0v) is 26.6. The van der Waals surface area contributed by atoms with Crippen molar-refractivity contribution in [3.63, 3.8) is 0 Å². The summed E-state index contributed by atoms with van der Waals surface area (Å²) in [6.45, 7) is 13.7. The molecular formula is C28H43N11O5S. The van der Waals surface area contributed by atoms with Crippen LogP contribution in [0.2, 0.25) is 0 Å². The first kappa shape index (κ1) is 31.8. The van der Waals surface area contributed by atoms with E-state index >= 15 is 0 Å². The summed E-state index contributed by atoms with van der Waals surface area (Å²) in [5.41, 5.74) is 0.0256. The molecule has 0 spiro atoms. The molecule has 5 aliphatic heterocycles. The second-order valence-electron chi connectivity index (χ2n) is 12.6. The van der Waals surface area contributed by atoms with E-state index in [2.05, 4.69) is 41.3 Å². The van der Waals surface area contributed by atoms with E-state index in [1.54, 1.807) is 6.92 Å². The summed E-state index contributed by atoms with van der Waals surface area (Å²) in [7, 11) is 0. The molecule has 4 saturated heterocycles. The van der Waals surface area contributed by atoms with E-state index in [-0.39, 0.29) is 53.2 Å². The standard InChI is InChI=1S/C28H43N11O5S/c1-17-23-22(18(2)32-21(40)15-38-16-31-33-34-38)27(42)39(23)24(28(43)44)25(17)45-19-13-20(30-14-19)26(41)37-11-9-36(10-12-37)8-7-35-5-3-29-4-6-35/h16-20,22-23,29-30H,3-15H2,1-2H3,(H,32,40)(H,43,44)/t17-,18-,19+,20+,22-,23-/m1/s1. The third-order valence-corrected chi connectivity index (χ3v) is 11.2.